The largest absolute Gasteiger partial charge is 0.394 e. The van der Waals surface area contributed by atoms with E-state index in [1.807, 2.05) is 6.26 Å². The first-order valence-electron chi connectivity index (χ1n) is 3.10. The van der Waals surface area contributed by atoms with E-state index in [1.54, 1.807) is 6.92 Å². The van der Waals surface area contributed by atoms with E-state index in [1.165, 1.54) is 11.8 Å². The van der Waals surface area contributed by atoms with Crippen LogP contribution < -0.4 is 5.32 Å². The van der Waals surface area contributed by atoms with Crippen LogP contribution in [0.2, 0.25) is 0 Å². The third-order valence-corrected chi connectivity index (χ3v) is 1.51. The molecule has 60 valence electrons. The van der Waals surface area contributed by atoms with Gasteiger partial charge in [-0.05, 0) is 13.2 Å². The minimum absolute atomic E-state index is 0.000120. The Morgan fingerprint density at radius 1 is 1.80 bits per heavy atom. The molecule has 1 atom stereocenters. The molecular formula is C6H13NO2S. The number of aliphatic hydroxyl groups is 1. The lowest BCUT2D eigenvalue weighted by atomic mass is 10.4. The lowest BCUT2D eigenvalue weighted by molar-refractivity contribution is -0.119. The second-order valence-electron chi connectivity index (χ2n) is 2.08. The van der Waals surface area contributed by atoms with Crippen LogP contribution in [-0.4, -0.2) is 35.7 Å². The lowest BCUT2D eigenvalue weighted by Crippen LogP contribution is -2.36. The van der Waals surface area contributed by atoms with Crippen LogP contribution in [-0.2, 0) is 4.79 Å². The molecule has 0 unspecified atom stereocenters. The van der Waals surface area contributed by atoms with Crippen molar-refractivity contribution >= 4 is 17.7 Å². The van der Waals surface area contributed by atoms with Gasteiger partial charge >= 0.3 is 0 Å². The predicted octanol–water partition coefficient (Wildman–Crippen LogP) is -0.154. The summed E-state index contributed by atoms with van der Waals surface area (Å²) in [6, 6.07) is -0.125. The van der Waals surface area contributed by atoms with Crippen molar-refractivity contribution in [1.29, 1.82) is 0 Å². The van der Waals surface area contributed by atoms with Gasteiger partial charge in [0.15, 0.2) is 0 Å². The van der Waals surface area contributed by atoms with E-state index in [2.05, 4.69) is 5.32 Å². The number of carbonyl (C=O) groups excluding carboxylic acids is 1. The van der Waals surface area contributed by atoms with Crippen molar-refractivity contribution in [3.05, 3.63) is 0 Å². The molecule has 0 aromatic heterocycles. The Labute approximate surface area is 65.2 Å². The minimum Gasteiger partial charge on any atom is -0.394 e. The van der Waals surface area contributed by atoms with Crippen molar-refractivity contribution in [1.82, 2.24) is 5.32 Å². The standard InChI is InChI=1S/C6H13NO2S/c1-5(3-8)7-6(9)4-10-2/h5,8H,3-4H2,1-2H3,(H,7,9)/t5-/m0/s1. The first-order valence-corrected chi connectivity index (χ1v) is 4.49. The van der Waals surface area contributed by atoms with E-state index in [0.29, 0.717) is 5.75 Å². The third-order valence-electron chi connectivity index (χ3n) is 0.957. The van der Waals surface area contributed by atoms with Gasteiger partial charge < -0.3 is 10.4 Å². The van der Waals surface area contributed by atoms with Gasteiger partial charge in [0.2, 0.25) is 5.91 Å². The summed E-state index contributed by atoms with van der Waals surface area (Å²) in [4.78, 5) is 10.8. The summed E-state index contributed by atoms with van der Waals surface area (Å²) in [6.07, 6.45) is 1.86. The Kier molecular flexibility index (Phi) is 5.43. The van der Waals surface area contributed by atoms with Crippen molar-refractivity contribution < 1.29 is 9.90 Å². The van der Waals surface area contributed by atoms with E-state index < -0.39 is 0 Å². The van der Waals surface area contributed by atoms with Gasteiger partial charge in [-0.2, -0.15) is 11.8 Å². The van der Waals surface area contributed by atoms with Gasteiger partial charge in [-0.3, -0.25) is 4.79 Å². The maximum atomic E-state index is 10.8. The molecule has 0 bridgehead atoms. The van der Waals surface area contributed by atoms with Crippen LogP contribution in [0.15, 0.2) is 0 Å². The van der Waals surface area contributed by atoms with Crippen LogP contribution in [0.25, 0.3) is 0 Å². The molecule has 4 heteroatoms. The van der Waals surface area contributed by atoms with Crippen molar-refractivity contribution in [2.45, 2.75) is 13.0 Å². The summed E-state index contributed by atoms with van der Waals surface area (Å²) >= 11 is 1.47. The van der Waals surface area contributed by atoms with E-state index >= 15 is 0 Å². The zero-order chi connectivity index (χ0) is 7.98. The minimum atomic E-state index is -0.125. The van der Waals surface area contributed by atoms with Crippen LogP contribution in [0.1, 0.15) is 6.92 Å². The highest BCUT2D eigenvalue weighted by molar-refractivity contribution is 7.99. The van der Waals surface area contributed by atoms with Crippen LogP contribution in [0.5, 0.6) is 0 Å². The lowest BCUT2D eigenvalue weighted by Gasteiger charge is -2.08. The average Bonchev–Trinajstić information content (AvgIpc) is 1.88. The number of aliphatic hydroxyl groups excluding tert-OH is 1. The van der Waals surface area contributed by atoms with Crippen LogP contribution >= 0.6 is 11.8 Å². The maximum Gasteiger partial charge on any atom is 0.230 e. The number of hydrogen-bond donors (Lipinski definition) is 2. The summed E-state index contributed by atoms with van der Waals surface area (Å²) in [6.45, 7) is 1.76. The molecular weight excluding hydrogens is 150 g/mol. The normalized spacial score (nSPS) is 12.7. The van der Waals surface area contributed by atoms with Crippen molar-refractivity contribution in [2.75, 3.05) is 18.6 Å². The Morgan fingerprint density at radius 3 is 2.80 bits per heavy atom. The number of carbonyl (C=O) groups is 1. The molecule has 0 aliphatic rings. The molecule has 2 N–H and O–H groups in total. The van der Waals surface area contributed by atoms with Crippen LogP contribution in [0.3, 0.4) is 0 Å². The highest BCUT2D eigenvalue weighted by atomic mass is 32.2. The van der Waals surface area contributed by atoms with Gasteiger partial charge in [-0.1, -0.05) is 0 Å². The molecule has 0 saturated carbocycles. The molecule has 0 aromatic rings. The summed E-state index contributed by atoms with van der Waals surface area (Å²) in [5.74, 6) is 0.443. The third kappa shape index (κ3) is 4.64. The van der Waals surface area contributed by atoms with Gasteiger partial charge in [0.05, 0.1) is 12.4 Å². The Morgan fingerprint density at radius 2 is 2.40 bits per heavy atom. The molecule has 0 radical (unpaired) electrons. The Bertz CT molecular complexity index is 108. The number of amides is 1. The zero-order valence-electron chi connectivity index (χ0n) is 6.26. The van der Waals surface area contributed by atoms with Gasteiger partial charge in [-0.25, -0.2) is 0 Å². The quantitative estimate of drug-likeness (QED) is 0.606. The number of nitrogens with one attached hydrogen (secondary N) is 1. The second-order valence-corrected chi connectivity index (χ2v) is 2.95. The van der Waals surface area contributed by atoms with Crippen molar-refractivity contribution in [2.24, 2.45) is 0 Å². The smallest absolute Gasteiger partial charge is 0.230 e. The Hall–Kier alpha value is -0.220. The molecule has 0 fully saturated rings. The highest BCUT2D eigenvalue weighted by Gasteiger charge is 2.03. The molecule has 0 aliphatic heterocycles. The monoisotopic (exact) mass is 163 g/mol. The molecule has 0 aliphatic carbocycles. The SMILES string of the molecule is CSCC(=O)N[C@@H](C)CO. The molecule has 0 heterocycles. The van der Waals surface area contributed by atoms with E-state index in [9.17, 15) is 4.79 Å². The molecule has 0 spiro atoms. The summed E-state index contributed by atoms with van der Waals surface area (Å²) in [5, 5.41) is 11.2. The number of thioether (sulfide) groups is 1. The fourth-order valence-corrected chi connectivity index (χ4v) is 0.839. The Balaban J connectivity index is 3.37. The van der Waals surface area contributed by atoms with Crippen molar-refractivity contribution in [3.8, 4) is 0 Å². The van der Waals surface area contributed by atoms with Crippen molar-refractivity contribution in [3.63, 3.8) is 0 Å². The molecule has 1 amide bonds. The van der Waals surface area contributed by atoms with E-state index in [-0.39, 0.29) is 18.6 Å². The number of hydrogen-bond acceptors (Lipinski definition) is 3. The zero-order valence-corrected chi connectivity index (χ0v) is 7.07. The predicted molar refractivity (Wildman–Crippen MR) is 43.1 cm³/mol. The number of rotatable bonds is 4. The average molecular weight is 163 g/mol. The van der Waals surface area contributed by atoms with Gasteiger partial charge in [-0.15, -0.1) is 0 Å². The van der Waals surface area contributed by atoms with Gasteiger partial charge in [0, 0.05) is 6.04 Å². The van der Waals surface area contributed by atoms with Gasteiger partial charge in [0.25, 0.3) is 0 Å². The van der Waals surface area contributed by atoms with Gasteiger partial charge in [0.1, 0.15) is 0 Å². The maximum absolute atomic E-state index is 10.8. The fraction of sp³-hybridized carbons (Fsp3) is 0.833. The summed E-state index contributed by atoms with van der Waals surface area (Å²) < 4.78 is 0. The molecule has 10 heavy (non-hydrogen) atoms. The van der Waals surface area contributed by atoms with Crippen LogP contribution in [0.4, 0.5) is 0 Å². The van der Waals surface area contributed by atoms with Crippen LogP contribution in [0, 0.1) is 0 Å². The second kappa shape index (κ2) is 5.56. The van der Waals surface area contributed by atoms with E-state index in [4.69, 9.17) is 5.11 Å². The summed E-state index contributed by atoms with van der Waals surface area (Å²) in [5.41, 5.74) is 0. The molecule has 3 nitrogen and oxygen atoms in total. The summed E-state index contributed by atoms with van der Waals surface area (Å²) in [7, 11) is 0. The van der Waals surface area contributed by atoms with E-state index in [0.717, 1.165) is 0 Å². The fourth-order valence-electron chi connectivity index (χ4n) is 0.493. The topological polar surface area (TPSA) is 49.3 Å². The first-order chi connectivity index (χ1) is 4.70. The molecule has 0 saturated heterocycles. The first kappa shape index (κ1) is 9.78. The highest BCUT2D eigenvalue weighted by Crippen LogP contribution is 1.90. The molecule has 0 rings (SSSR count). The molecule has 0 aromatic carbocycles.